The van der Waals surface area contributed by atoms with Crippen LogP contribution >= 0.6 is 0 Å². The van der Waals surface area contributed by atoms with Crippen molar-refractivity contribution in [1.29, 1.82) is 0 Å². The Bertz CT molecular complexity index is 788. The Hall–Kier alpha value is -2.55. The van der Waals surface area contributed by atoms with E-state index in [0.29, 0.717) is 25.6 Å². The number of hydrogen-bond acceptors (Lipinski definition) is 7. The van der Waals surface area contributed by atoms with Crippen LogP contribution in [0.5, 0.6) is 0 Å². The smallest absolute Gasteiger partial charge is 0.270 e. The minimum atomic E-state index is -0.659. The van der Waals surface area contributed by atoms with Crippen molar-refractivity contribution in [3.8, 4) is 0 Å². The number of aliphatic hydroxyl groups excluding tert-OH is 1. The molecule has 1 atom stereocenters. The molecule has 0 unspecified atom stereocenters. The first-order chi connectivity index (χ1) is 14.0. The number of β-amino-alcohol motifs (C(OH)–C–C–N with tert-alkyl or cyclic N) is 1. The van der Waals surface area contributed by atoms with Crippen LogP contribution in [-0.2, 0) is 4.74 Å². The molecule has 1 aromatic rings. The maximum atomic E-state index is 12.4. The first kappa shape index (κ1) is 21.2. The van der Waals surface area contributed by atoms with Gasteiger partial charge in [-0.15, -0.1) is 0 Å². The number of nitrogens with one attached hydrogen (secondary N) is 2. The number of carbonyl (C=O) groups is 1. The second-order valence-electron chi connectivity index (χ2n) is 7.42. The molecule has 29 heavy (non-hydrogen) atoms. The molecule has 2 aliphatic heterocycles. The number of aliphatic hydroxyl groups is 1. The fourth-order valence-corrected chi connectivity index (χ4v) is 3.23. The van der Waals surface area contributed by atoms with Crippen LogP contribution in [0.25, 0.3) is 0 Å². The molecule has 0 aliphatic carbocycles. The maximum Gasteiger partial charge on any atom is 0.270 e. The third kappa shape index (κ3) is 6.22. The van der Waals surface area contributed by atoms with Crippen LogP contribution in [0.2, 0.25) is 0 Å². The summed E-state index contributed by atoms with van der Waals surface area (Å²) in [5, 5.41) is 16.3. The Morgan fingerprint density at radius 2 is 2.31 bits per heavy atom. The third-order valence-corrected chi connectivity index (χ3v) is 5.04. The van der Waals surface area contributed by atoms with Gasteiger partial charge >= 0.3 is 0 Å². The zero-order chi connectivity index (χ0) is 20.6. The van der Waals surface area contributed by atoms with Crippen molar-refractivity contribution in [2.45, 2.75) is 25.5 Å². The van der Waals surface area contributed by atoms with Gasteiger partial charge in [-0.3, -0.25) is 9.69 Å². The number of aromatic nitrogens is 2. The minimum absolute atomic E-state index is 0.166. The number of allylic oxidation sites excluding steroid dienone is 2. The van der Waals surface area contributed by atoms with Gasteiger partial charge in [-0.25, -0.2) is 9.97 Å². The van der Waals surface area contributed by atoms with E-state index < -0.39 is 6.10 Å². The zero-order valence-electron chi connectivity index (χ0n) is 16.8. The first-order valence-corrected chi connectivity index (χ1v) is 9.88. The molecule has 2 aliphatic rings. The van der Waals surface area contributed by atoms with Crippen molar-refractivity contribution in [2.75, 3.05) is 44.7 Å². The van der Waals surface area contributed by atoms with Crippen molar-refractivity contribution in [3.05, 3.63) is 54.0 Å². The van der Waals surface area contributed by atoms with Crippen LogP contribution < -0.4 is 10.6 Å². The van der Waals surface area contributed by atoms with Crippen molar-refractivity contribution in [1.82, 2.24) is 20.2 Å². The summed E-state index contributed by atoms with van der Waals surface area (Å²) in [4.78, 5) is 22.7. The Labute approximate surface area is 171 Å². The number of hydrogen-bond donors (Lipinski definition) is 3. The minimum Gasteiger partial charge on any atom is -0.390 e. The summed E-state index contributed by atoms with van der Waals surface area (Å²) in [7, 11) is 0. The van der Waals surface area contributed by atoms with E-state index in [1.165, 1.54) is 17.5 Å². The van der Waals surface area contributed by atoms with Gasteiger partial charge in [0.15, 0.2) is 0 Å². The Balaban J connectivity index is 1.46. The van der Waals surface area contributed by atoms with E-state index in [-0.39, 0.29) is 24.2 Å². The fourth-order valence-electron chi connectivity index (χ4n) is 3.23. The molecule has 1 saturated heterocycles. The van der Waals surface area contributed by atoms with Gasteiger partial charge in [-0.2, -0.15) is 0 Å². The normalized spacial score (nSPS) is 19.1. The van der Waals surface area contributed by atoms with Crippen molar-refractivity contribution in [3.63, 3.8) is 0 Å². The lowest BCUT2D eigenvalue weighted by Crippen LogP contribution is -2.42. The van der Waals surface area contributed by atoms with Crippen molar-refractivity contribution < 1.29 is 14.6 Å². The second kappa shape index (κ2) is 10.3. The largest absolute Gasteiger partial charge is 0.390 e. The van der Waals surface area contributed by atoms with E-state index >= 15 is 0 Å². The molecule has 3 heterocycles. The van der Waals surface area contributed by atoms with Gasteiger partial charge in [-0.05, 0) is 18.9 Å². The quantitative estimate of drug-likeness (QED) is 0.536. The molecular weight excluding hydrogens is 370 g/mol. The molecule has 0 radical (unpaired) electrons. The van der Waals surface area contributed by atoms with Gasteiger partial charge in [0.25, 0.3) is 5.91 Å². The molecule has 8 nitrogen and oxygen atoms in total. The lowest BCUT2D eigenvalue weighted by Gasteiger charge is -2.30. The van der Waals surface area contributed by atoms with Crippen molar-refractivity contribution >= 4 is 11.7 Å². The van der Waals surface area contributed by atoms with Gasteiger partial charge in [0, 0.05) is 32.2 Å². The average Bonchev–Trinajstić information content (AvgIpc) is 2.69. The number of rotatable bonds is 9. The number of nitrogens with zero attached hydrogens (tertiary/aromatic N) is 3. The number of anilines is 1. The van der Waals surface area contributed by atoms with Crippen LogP contribution in [0, 0.1) is 0 Å². The average molecular weight is 399 g/mol. The second-order valence-corrected chi connectivity index (χ2v) is 7.42. The molecule has 3 N–H and O–H groups in total. The first-order valence-electron chi connectivity index (χ1n) is 9.88. The summed E-state index contributed by atoms with van der Waals surface area (Å²) < 4.78 is 5.12. The Kier molecular flexibility index (Phi) is 7.51. The third-order valence-electron chi connectivity index (χ3n) is 5.04. The molecule has 3 rings (SSSR count). The highest BCUT2D eigenvalue weighted by Crippen LogP contribution is 2.18. The highest BCUT2D eigenvalue weighted by molar-refractivity contribution is 5.92. The predicted molar refractivity (Wildman–Crippen MR) is 112 cm³/mol. The monoisotopic (exact) mass is 399 g/mol. The summed E-state index contributed by atoms with van der Waals surface area (Å²) >= 11 is 0. The summed E-state index contributed by atoms with van der Waals surface area (Å²) in [5.74, 6) is 0.262. The summed E-state index contributed by atoms with van der Waals surface area (Å²) in [6, 6.07) is 1.83. The van der Waals surface area contributed by atoms with E-state index in [1.54, 1.807) is 12.1 Å². The van der Waals surface area contributed by atoms with E-state index in [1.807, 2.05) is 6.08 Å². The number of ether oxygens (including phenoxy) is 1. The summed E-state index contributed by atoms with van der Waals surface area (Å²) in [6.07, 6.45) is 7.43. The number of amides is 1. The van der Waals surface area contributed by atoms with Gasteiger partial charge in [0.05, 0.1) is 25.4 Å². The maximum absolute atomic E-state index is 12.4. The Morgan fingerprint density at radius 3 is 3.03 bits per heavy atom. The zero-order valence-corrected chi connectivity index (χ0v) is 16.8. The van der Waals surface area contributed by atoms with Crippen LogP contribution in [0.15, 0.2) is 48.3 Å². The molecule has 8 heteroatoms. The molecular formula is C21H29N5O3. The van der Waals surface area contributed by atoms with E-state index in [0.717, 1.165) is 19.5 Å². The van der Waals surface area contributed by atoms with Crippen molar-refractivity contribution in [2.24, 2.45) is 0 Å². The lowest BCUT2D eigenvalue weighted by atomic mass is 10.0. The van der Waals surface area contributed by atoms with Gasteiger partial charge in [0.2, 0.25) is 0 Å². The van der Waals surface area contributed by atoms with E-state index in [4.69, 9.17) is 4.74 Å². The number of carbonyl (C=O) groups excluding carboxylic acids is 1. The van der Waals surface area contributed by atoms with Gasteiger partial charge in [0.1, 0.15) is 17.8 Å². The van der Waals surface area contributed by atoms with Crippen LogP contribution in [0.1, 0.15) is 23.8 Å². The molecule has 1 fully saturated rings. The molecule has 156 valence electrons. The van der Waals surface area contributed by atoms with Crippen LogP contribution in [0.3, 0.4) is 0 Å². The topological polar surface area (TPSA) is 99.6 Å². The summed E-state index contributed by atoms with van der Waals surface area (Å²) in [6.45, 7) is 9.46. The van der Waals surface area contributed by atoms with Gasteiger partial charge < -0.3 is 20.5 Å². The standard InChI is InChI=1S/C21H29N5O3/c1-3-4-5-16-10-26(7-6-15(16)2)11-18(27)9-22-21(28)19-8-20(24-14-23-19)25-17-12-29-13-17/h3-5,8,14,17-18,27H,1,6-7,9-13H2,2H3,(H,22,28)(H,23,24,25)/b5-4-/t18-/m0/s1. The van der Waals surface area contributed by atoms with E-state index in [2.05, 4.69) is 45.1 Å². The fraction of sp³-hybridized carbons (Fsp3) is 0.476. The molecule has 1 amide bonds. The lowest BCUT2D eigenvalue weighted by molar-refractivity contribution is 0.0209. The van der Waals surface area contributed by atoms with Crippen LogP contribution in [-0.4, -0.2) is 77.4 Å². The predicted octanol–water partition coefficient (Wildman–Crippen LogP) is 1.14. The molecule has 0 bridgehead atoms. The highest BCUT2D eigenvalue weighted by Gasteiger charge is 2.20. The van der Waals surface area contributed by atoms with Gasteiger partial charge in [-0.1, -0.05) is 30.4 Å². The molecule has 0 spiro atoms. The molecule has 1 aromatic heterocycles. The molecule has 0 aromatic carbocycles. The summed E-state index contributed by atoms with van der Waals surface area (Å²) in [5.41, 5.74) is 2.89. The SMILES string of the molecule is C=C/C=C\C1=C(C)CCN(C[C@@H](O)CNC(=O)c2cc(NC3COC3)ncn2)C1. The molecule has 0 saturated carbocycles. The van der Waals surface area contributed by atoms with E-state index in [9.17, 15) is 9.90 Å². The highest BCUT2D eigenvalue weighted by atomic mass is 16.5. The van der Waals surface area contributed by atoms with Crippen LogP contribution in [0.4, 0.5) is 5.82 Å². The Morgan fingerprint density at radius 1 is 1.48 bits per heavy atom.